The summed E-state index contributed by atoms with van der Waals surface area (Å²) in [7, 11) is 0. The molecule has 0 amide bonds. The average molecular weight is 641 g/mol. The van der Waals surface area contributed by atoms with Gasteiger partial charge in [0.2, 0.25) is 0 Å². The van der Waals surface area contributed by atoms with Crippen LogP contribution >= 0.6 is 0 Å². The Morgan fingerprint density at radius 2 is 1.22 bits per heavy atom. The van der Waals surface area contributed by atoms with E-state index in [-0.39, 0.29) is 5.92 Å². The van der Waals surface area contributed by atoms with Gasteiger partial charge in [-0.05, 0) is 92.5 Å². The van der Waals surface area contributed by atoms with Crippen LogP contribution in [0.3, 0.4) is 0 Å². The van der Waals surface area contributed by atoms with E-state index in [1.165, 1.54) is 38.2 Å². The molecular formula is C46H32N4. The number of fused-ring (bicyclic) bond motifs is 7. The van der Waals surface area contributed by atoms with E-state index in [0.717, 1.165) is 57.6 Å². The summed E-state index contributed by atoms with van der Waals surface area (Å²) in [6, 6.07) is 40.9. The Hall–Kier alpha value is -6.26. The van der Waals surface area contributed by atoms with Crippen molar-refractivity contribution in [3.05, 3.63) is 168 Å². The number of allylic oxidation sites excluding steroid dienone is 5. The molecule has 0 bridgehead atoms. The minimum atomic E-state index is 0.235. The molecule has 1 unspecified atom stereocenters. The van der Waals surface area contributed by atoms with Crippen LogP contribution in [0.25, 0.3) is 77.6 Å². The molecule has 0 fully saturated rings. The molecule has 6 aromatic carbocycles. The number of rotatable bonds is 4. The molecule has 0 saturated carbocycles. The highest BCUT2D eigenvalue weighted by Crippen LogP contribution is 2.39. The van der Waals surface area contributed by atoms with Gasteiger partial charge in [0.05, 0.1) is 5.52 Å². The van der Waals surface area contributed by atoms with E-state index >= 15 is 0 Å². The second-order valence-corrected chi connectivity index (χ2v) is 13.3. The lowest BCUT2D eigenvalue weighted by Crippen LogP contribution is -2.06. The van der Waals surface area contributed by atoms with Crippen molar-refractivity contribution in [2.24, 2.45) is 0 Å². The van der Waals surface area contributed by atoms with E-state index in [9.17, 15) is 0 Å². The van der Waals surface area contributed by atoms with Gasteiger partial charge in [-0.25, -0.2) is 15.0 Å². The smallest absolute Gasteiger partial charge is 0.164 e. The van der Waals surface area contributed by atoms with Crippen molar-refractivity contribution in [2.75, 3.05) is 0 Å². The Labute approximate surface area is 290 Å². The van der Waals surface area contributed by atoms with Gasteiger partial charge >= 0.3 is 0 Å². The highest BCUT2D eigenvalue weighted by atomic mass is 15.0. The molecule has 0 aliphatic heterocycles. The van der Waals surface area contributed by atoms with E-state index < -0.39 is 0 Å². The van der Waals surface area contributed by atoms with Gasteiger partial charge in [0.1, 0.15) is 0 Å². The van der Waals surface area contributed by atoms with Gasteiger partial charge in [-0.15, -0.1) is 0 Å². The number of nitrogens with zero attached hydrogens (tertiary/aromatic N) is 4. The van der Waals surface area contributed by atoms with Crippen LogP contribution in [0.2, 0.25) is 0 Å². The first kappa shape index (κ1) is 28.7. The molecule has 0 radical (unpaired) electrons. The fourth-order valence-corrected chi connectivity index (χ4v) is 7.79. The summed E-state index contributed by atoms with van der Waals surface area (Å²) in [6.07, 6.45) is 16.2. The predicted octanol–water partition coefficient (Wildman–Crippen LogP) is 11.3. The number of hydrogen-bond acceptors (Lipinski definition) is 4. The molecule has 2 heterocycles. The van der Waals surface area contributed by atoms with Gasteiger partial charge in [0.15, 0.2) is 17.5 Å². The zero-order valence-electron chi connectivity index (χ0n) is 27.4. The molecule has 50 heavy (non-hydrogen) atoms. The molecule has 2 aliphatic carbocycles. The van der Waals surface area contributed by atoms with Crippen LogP contribution in [-0.2, 0) is 6.42 Å². The van der Waals surface area contributed by atoms with E-state index in [1.54, 1.807) is 0 Å². The van der Waals surface area contributed by atoms with E-state index in [2.05, 4.69) is 140 Å². The molecule has 236 valence electrons. The molecule has 2 aliphatic rings. The fraction of sp³-hybridized carbons (Fsp3) is 0.0870. The summed E-state index contributed by atoms with van der Waals surface area (Å²) in [6.45, 7) is 0. The van der Waals surface area contributed by atoms with E-state index in [1.807, 2.05) is 12.3 Å². The summed E-state index contributed by atoms with van der Waals surface area (Å²) >= 11 is 0. The summed E-state index contributed by atoms with van der Waals surface area (Å²) in [4.78, 5) is 20.6. The first-order valence-corrected chi connectivity index (χ1v) is 17.4. The maximum Gasteiger partial charge on any atom is 0.164 e. The maximum absolute atomic E-state index is 5.32. The molecule has 4 nitrogen and oxygen atoms in total. The zero-order valence-corrected chi connectivity index (χ0v) is 27.4. The monoisotopic (exact) mass is 640 g/mol. The van der Waals surface area contributed by atoms with Crippen LogP contribution in [0.15, 0.2) is 146 Å². The second-order valence-electron chi connectivity index (χ2n) is 13.3. The summed E-state index contributed by atoms with van der Waals surface area (Å²) in [5.74, 6) is 2.31. The molecular weight excluding hydrogens is 609 g/mol. The summed E-state index contributed by atoms with van der Waals surface area (Å²) in [5.41, 5.74) is 7.94. The molecule has 0 saturated heterocycles. The van der Waals surface area contributed by atoms with E-state index in [4.69, 9.17) is 19.9 Å². The Bertz CT molecular complexity index is 2750. The Balaban J connectivity index is 1.16. The molecule has 0 spiro atoms. The van der Waals surface area contributed by atoms with Gasteiger partial charge < -0.3 is 0 Å². The number of benzene rings is 6. The van der Waals surface area contributed by atoms with Crippen molar-refractivity contribution in [1.29, 1.82) is 0 Å². The van der Waals surface area contributed by atoms with Crippen LogP contribution in [0.5, 0.6) is 0 Å². The van der Waals surface area contributed by atoms with Crippen LogP contribution in [0.4, 0.5) is 0 Å². The second kappa shape index (κ2) is 11.7. The van der Waals surface area contributed by atoms with Gasteiger partial charge in [0, 0.05) is 34.2 Å². The molecule has 1 atom stereocenters. The normalized spacial score (nSPS) is 15.5. The molecule has 2 aromatic heterocycles. The van der Waals surface area contributed by atoms with Crippen LogP contribution in [0, 0.1) is 0 Å². The Kier molecular flexibility index (Phi) is 6.73. The number of aromatic nitrogens is 4. The Morgan fingerprint density at radius 3 is 2.02 bits per heavy atom. The third kappa shape index (κ3) is 4.83. The van der Waals surface area contributed by atoms with E-state index in [0.29, 0.717) is 17.5 Å². The third-order valence-electron chi connectivity index (χ3n) is 10.3. The molecule has 4 heteroatoms. The van der Waals surface area contributed by atoms with Crippen molar-refractivity contribution in [3.63, 3.8) is 0 Å². The quantitative estimate of drug-likeness (QED) is 0.180. The minimum absolute atomic E-state index is 0.235. The topological polar surface area (TPSA) is 51.6 Å². The minimum Gasteiger partial charge on any atom is -0.256 e. The molecule has 0 N–H and O–H groups in total. The van der Waals surface area contributed by atoms with Crippen molar-refractivity contribution in [3.8, 4) is 22.8 Å². The lowest BCUT2D eigenvalue weighted by atomic mass is 9.89. The maximum atomic E-state index is 5.32. The van der Waals surface area contributed by atoms with Crippen molar-refractivity contribution in [1.82, 2.24) is 19.9 Å². The fourth-order valence-electron chi connectivity index (χ4n) is 7.79. The summed E-state index contributed by atoms with van der Waals surface area (Å²) in [5, 5.41) is 8.27. The van der Waals surface area contributed by atoms with Gasteiger partial charge in [-0.2, -0.15) is 0 Å². The van der Waals surface area contributed by atoms with Crippen LogP contribution < -0.4 is 0 Å². The van der Waals surface area contributed by atoms with Crippen molar-refractivity contribution >= 4 is 54.9 Å². The Morgan fingerprint density at radius 1 is 0.560 bits per heavy atom. The number of pyridine rings is 1. The lowest BCUT2D eigenvalue weighted by Gasteiger charge is -2.19. The predicted molar refractivity (Wildman–Crippen MR) is 207 cm³/mol. The third-order valence-corrected chi connectivity index (χ3v) is 10.3. The average Bonchev–Trinajstić information content (AvgIpc) is 3.20. The van der Waals surface area contributed by atoms with Gasteiger partial charge in [0.25, 0.3) is 0 Å². The first-order chi connectivity index (χ1) is 24.8. The van der Waals surface area contributed by atoms with Crippen molar-refractivity contribution < 1.29 is 0 Å². The van der Waals surface area contributed by atoms with Gasteiger partial charge in [-0.1, -0.05) is 121 Å². The van der Waals surface area contributed by atoms with Crippen molar-refractivity contribution in [2.45, 2.75) is 25.2 Å². The highest BCUT2D eigenvalue weighted by Gasteiger charge is 2.21. The zero-order chi connectivity index (χ0) is 33.0. The number of para-hydroxylation sites is 1. The van der Waals surface area contributed by atoms with Crippen LogP contribution in [0.1, 0.15) is 41.3 Å². The molecule has 10 rings (SSSR count). The highest BCUT2D eigenvalue weighted by molar-refractivity contribution is 6.13. The largest absolute Gasteiger partial charge is 0.256 e. The molecule has 8 aromatic rings. The summed E-state index contributed by atoms with van der Waals surface area (Å²) < 4.78 is 0. The SMILES string of the molecule is C1=Cc2c(cc(-c3nc(C4=CCC(c5cnc6ccccc6c5)C=C4)nc(-c4cc5ccccc5c5ccccc45)n3)c3ccccc23)CC1. The number of hydrogen-bond donors (Lipinski definition) is 0. The standard InChI is InChI=1S/C46H32N4/c1-4-14-35-31(11-1)26-41(39-18-8-6-16-37(35)39)45-48-44(30-23-21-29(22-24-30)34-25-33-13-3-10-20-43(33)47-28-34)49-46(50-45)42-27-32-12-2-5-15-36(32)38-17-7-9-19-40(38)42/h1,3-11,13-21,23-29H,2,12,22H2. The number of aryl methyl sites for hydroxylation is 1. The first-order valence-electron chi connectivity index (χ1n) is 17.4. The lowest BCUT2D eigenvalue weighted by molar-refractivity contribution is 0.850. The van der Waals surface area contributed by atoms with Gasteiger partial charge in [-0.3, -0.25) is 4.98 Å². The van der Waals surface area contributed by atoms with Crippen LogP contribution in [-0.4, -0.2) is 19.9 Å².